The summed E-state index contributed by atoms with van der Waals surface area (Å²) in [5, 5.41) is 2.25. The van der Waals surface area contributed by atoms with Gasteiger partial charge in [0.05, 0.1) is 0 Å². The standard InChI is InChI=1S/C27H37NS/c1-7-11-24-12-9-10-13-25(24)17-23(8-2)22(6)29-18-19(3)14-26-15-21(5)27(28)16-20(26)4/h8,11,15-18H,6-7,9-10,12-14,28H2,1-5H3/b19-18+,23-8+,24-11-,25-17-. The van der Waals surface area contributed by atoms with Crippen LogP contribution in [0.5, 0.6) is 0 Å². The summed E-state index contributed by atoms with van der Waals surface area (Å²) >= 11 is 1.74. The van der Waals surface area contributed by atoms with Gasteiger partial charge in [-0.25, -0.2) is 0 Å². The van der Waals surface area contributed by atoms with Crippen molar-refractivity contribution in [2.45, 2.75) is 73.1 Å². The van der Waals surface area contributed by atoms with E-state index >= 15 is 0 Å². The molecule has 1 aromatic carbocycles. The zero-order valence-corrected chi connectivity index (χ0v) is 19.7. The zero-order valence-electron chi connectivity index (χ0n) is 18.9. The number of anilines is 1. The molecule has 2 heteroatoms. The third kappa shape index (κ3) is 6.82. The van der Waals surface area contributed by atoms with E-state index in [-0.39, 0.29) is 0 Å². The second kappa shape index (κ2) is 11.3. The van der Waals surface area contributed by atoms with Crippen molar-refractivity contribution in [2.24, 2.45) is 0 Å². The van der Waals surface area contributed by atoms with E-state index in [9.17, 15) is 0 Å². The third-order valence-electron chi connectivity index (χ3n) is 5.56. The number of hydrogen-bond acceptors (Lipinski definition) is 2. The highest BCUT2D eigenvalue weighted by Crippen LogP contribution is 2.33. The normalized spacial score (nSPS) is 18.5. The van der Waals surface area contributed by atoms with Gasteiger partial charge in [0.25, 0.3) is 0 Å². The first-order valence-electron chi connectivity index (χ1n) is 10.8. The molecule has 0 aromatic heterocycles. The van der Waals surface area contributed by atoms with Gasteiger partial charge in [0.1, 0.15) is 0 Å². The minimum absolute atomic E-state index is 0.876. The maximum atomic E-state index is 6.03. The van der Waals surface area contributed by atoms with Crippen molar-refractivity contribution in [1.82, 2.24) is 0 Å². The first-order chi connectivity index (χ1) is 13.8. The monoisotopic (exact) mass is 407 g/mol. The van der Waals surface area contributed by atoms with E-state index in [1.54, 1.807) is 11.8 Å². The quantitative estimate of drug-likeness (QED) is 0.363. The largest absolute Gasteiger partial charge is 0.399 e. The van der Waals surface area contributed by atoms with Crippen LogP contribution >= 0.6 is 11.8 Å². The Morgan fingerprint density at radius 2 is 1.83 bits per heavy atom. The SMILES string of the molecule is C=C(S/C=C(\C)Cc1cc(C)c(N)cc1C)C(/C=C1/CCCC/C1=C/CC)=C/C. The molecule has 0 amide bonds. The Morgan fingerprint density at radius 3 is 2.48 bits per heavy atom. The second-order valence-corrected chi connectivity index (χ2v) is 9.04. The highest BCUT2D eigenvalue weighted by molar-refractivity contribution is 8.06. The topological polar surface area (TPSA) is 26.0 Å². The Bertz CT molecular complexity index is 865. The van der Waals surface area contributed by atoms with Gasteiger partial charge in [-0.1, -0.05) is 55.1 Å². The van der Waals surface area contributed by atoms with Gasteiger partial charge < -0.3 is 5.73 Å². The number of nitrogen functional groups attached to an aromatic ring is 1. The molecule has 1 aliphatic rings. The Labute approximate surface area is 182 Å². The summed E-state index contributed by atoms with van der Waals surface area (Å²) < 4.78 is 0. The van der Waals surface area contributed by atoms with Crippen LogP contribution < -0.4 is 5.73 Å². The molecule has 1 aliphatic carbocycles. The molecule has 0 radical (unpaired) electrons. The number of hydrogen-bond donors (Lipinski definition) is 1. The lowest BCUT2D eigenvalue weighted by atomic mass is 9.87. The Kier molecular flexibility index (Phi) is 9.10. The minimum atomic E-state index is 0.876. The second-order valence-electron chi connectivity index (χ2n) is 8.08. The Hall–Kier alpha value is -1.93. The fraction of sp³-hybridized carbons (Fsp3) is 0.407. The van der Waals surface area contributed by atoms with Gasteiger partial charge in [0, 0.05) is 10.6 Å². The number of nitrogens with two attached hydrogens (primary N) is 1. The molecule has 156 valence electrons. The van der Waals surface area contributed by atoms with Crippen LogP contribution in [0.1, 0.15) is 69.6 Å². The fourth-order valence-electron chi connectivity index (χ4n) is 3.78. The van der Waals surface area contributed by atoms with Crippen LogP contribution in [0.15, 0.2) is 69.5 Å². The molecule has 1 fully saturated rings. The van der Waals surface area contributed by atoms with Crippen molar-refractivity contribution in [3.05, 3.63) is 86.2 Å². The lowest BCUT2D eigenvalue weighted by molar-refractivity contribution is 0.676. The highest BCUT2D eigenvalue weighted by atomic mass is 32.2. The van der Waals surface area contributed by atoms with Crippen molar-refractivity contribution in [3.63, 3.8) is 0 Å². The molecule has 2 rings (SSSR count). The number of benzene rings is 1. The summed E-state index contributed by atoms with van der Waals surface area (Å²) in [6, 6.07) is 4.30. The number of thioether (sulfide) groups is 1. The van der Waals surface area contributed by atoms with Gasteiger partial charge in [-0.05, 0) is 111 Å². The van der Waals surface area contributed by atoms with Gasteiger partial charge in [-0.2, -0.15) is 0 Å². The molecular weight excluding hydrogens is 370 g/mol. The number of aryl methyl sites for hydroxylation is 2. The van der Waals surface area contributed by atoms with Crippen molar-refractivity contribution in [1.29, 1.82) is 0 Å². The van der Waals surface area contributed by atoms with E-state index in [0.717, 1.165) is 29.0 Å². The van der Waals surface area contributed by atoms with Crippen LogP contribution in [0, 0.1) is 13.8 Å². The summed E-state index contributed by atoms with van der Waals surface area (Å²) in [5.41, 5.74) is 16.3. The number of rotatable bonds is 7. The van der Waals surface area contributed by atoms with E-state index in [1.807, 2.05) is 0 Å². The van der Waals surface area contributed by atoms with Crippen LogP contribution in [0.2, 0.25) is 0 Å². The van der Waals surface area contributed by atoms with Gasteiger partial charge in [0.15, 0.2) is 0 Å². The molecular formula is C27H37NS. The van der Waals surface area contributed by atoms with E-state index in [1.165, 1.54) is 59.1 Å². The molecule has 2 N–H and O–H groups in total. The third-order valence-corrected chi connectivity index (χ3v) is 6.60. The first-order valence-corrected chi connectivity index (χ1v) is 11.7. The van der Waals surface area contributed by atoms with E-state index in [0.29, 0.717) is 0 Å². The molecule has 0 atom stereocenters. The first kappa shape index (κ1) is 23.3. The van der Waals surface area contributed by atoms with Gasteiger partial charge >= 0.3 is 0 Å². The van der Waals surface area contributed by atoms with Crippen molar-refractivity contribution < 1.29 is 0 Å². The Balaban J connectivity index is 2.08. The smallest absolute Gasteiger partial charge is 0.0346 e. The summed E-state index contributed by atoms with van der Waals surface area (Å²) in [6.45, 7) is 15.1. The molecule has 0 heterocycles. The summed E-state index contributed by atoms with van der Waals surface area (Å²) in [6.07, 6.45) is 14.0. The maximum absolute atomic E-state index is 6.03. The van der Waals surface area contributed by atoms with Crippen LogP contribution in [-0.4, -0.2) is 0 Å². The molecule has 1 saturated carbocycles. The van der Waals surface area contributed by atoms with E-state index < -0.39 is 0 Å². The molecule has 1 nitrogen and oxygen atoms in total. The molecule has 1 aromatic rings. The Morgan fingerprint density at radius 1 is 1.14 bits per heavy atom. The lowest BCUT2D eigenvalue weighted by Gasteiger charge is -2.19. The van der Waals surface area contributed by atoms with Gasteiger partial charge in [-0.15, -0.1) is 0 Å². The van der Waals surface area contributed by atoms with Crippen molar-refractivity contribution in [3.8, 4) is 0 Å². The number of allylic oxidation sites excluding steroid dienone is 7. The molecule has 0 saturated heterocycles. The predicted octanol–water partition coefficient (Wildman–Crippen LogP) is 8.36. The molecule has 0 spiro atoms. The average molecular weight is 408 g/mol. The molecule has 29 heavy (non-hydrogen) atoms. The molecule has 0 unspecified atom stereocenters. The van der Waals surface area contributed by atoms with Crippen LogP contribution in [0.4, 0.5) is 5.69 Å². The highest BCUT2D eigenvalue weighted by Gasteiger charge is 2.12. The summed E-state index contributed by atoms with van der Waals surface area (Å²) in [4.78, 5) is 1.12. The maximum Gasteiger partial charge on any atom is 0.0346 e. The summed E-state index contributed by atoms with van der Waals surface area (Å²) in [7, 11) is 0. The summed E-state index contributed by atoms with van der Waals surface area (Å²) in [5.74, 6) is 0. The average Bonchev–Trinajstić information content (AvgIpc) is 2.69. The zero-order chi connectivity index (χ0) is 21.4. The van der Waals surface area contributed by atoms with E-state index in [2.05, 4.69) is 77.0 Å². The van der Waals surface area contributed by atoms with Crippen LogP contribution in [0.25, 0.3) is 0 Å². The van der Waals surface area contributed by atoms with Crippen LogP contribution in [-0.2, 0) is 6.42 Å². The lowest BCUT2D eigenvalue weighted by Crippen LogP contribution is -1.99. The predicted molar refractivity (Wildman–Crippen MR) is 133 cm³/mol. The van der Waals surface area contributed by atoms with Crippen molar-refractivity contribution in [2.75, 3.05) is 5.73 Å². The van der Waals surface area contributed by atoms with Gasteiger partial charge in [0.2, 0.25) is 0 Å². The molecule has 0 bridgehead atoms. The van der Waals surface area contributed by atoms with E-state index in [4.69, 9.17) is 5.73 Å². The van der Waals surface area contributed by atoms with Gasteiger partial charge in [-0.3, -0.25) is 0 Å². The fourth-order valence-corrected chi connectivity index (χ4v) is 4.52. The van der Waals surface area contributed by atoms with Crippen LogP contribution in [0.3, 0.4) is 0 Å². The minimum Gasteiger partial charge on any atom is -0.399 e. The molecule has 0 aliphatic heterocycles. The van der Waals surface area contributed by atoms with Crippen molar-refractivity contribution >= 4 is 17.4 Å².